The molecule has 0 atom stereocenters. The third-order valence-corrected chi connectivity index (χ3v) is 3.24. The molecule has 4 nitrogen and oxygen atoms in total. The summed E-state index contributed by atoms with van der Waals surface area (Å²) in [5.41, 5.74) is 1.72. The van der Waals surface area contributed by atoms with Crippen LogP contribution in [0, 0.1) is 5.82 Å². The zero-order valence-electron chi connectivity index (χ0n) is 10.6. The zero-order valence-corrected chi connectivity index (χ0v) is 10.6. The van der Waals surface area contributed by atoms with E-state index in [-0.39, 0.29) is 5.82 Å². The summed E-state index contributed by atoms with van der Waals surface area (Å²) in [6.45, 7) is 4.88. The van der Waals surface area contributed by atoms with E-state index in [0.717, 1.165) is 44.0 Å². The molecule has 1 fully saturated rings. The maximum Gasteiger partial charge on any atom is 0.226 e. The third kappa shape index (κ3) is 3.00. The third-order valence-electron chi connectivity index (χ3n) is 3.24. The van der Waals surface area contributed by atoms with Gasteiger partial charge in [-0.1, -0.05) is 0 Å². The van der Waals surface area contributed by atoms with Gasteiger partial charge in [0.05, 0.1) is 5.69 Å². The lowest BCUT2D eigenvalue weighted by molar-refractivity contribution is 0.230. The Hall–Kier alpha value is -1.72. The normalized spacial score (nSPS) is 16.7. The summed E-state index contributed by atoms with van der Waals surface area (Å²) < 4.78 is 18.3. The van der Waals surface area contributed by atoms with E-state index in [2.05, 4.69) is 15.2 Å². The Kier molecular flexibility index (Phi) is 3.57. The van der Waals surface area contributed by atoms with Gasteiger partial charge in [-0.2, -0.15) is 0 Å². The fraction of sp³-hybridized carbons (Fsp3) is 0.357. The lowest BCUT2D eigenvalue weighted by Crippen LogP contribution is -2.42. The van der Waals surface area contributed by atoms with Crippen LogP contribution in [0.3, 0.4) is 0 Å². The highest BCUT2D eigenvalue weighted by Crippen LogP contribution is 2.19. The highest BCUT2D eigenvalue weighted by atomic mass is 19.1. The summed E-state index contributed by atoms with van der Waals surface area (Å²) in [7, 11) is 0. The van der Waals surface area contributed by atoms with Gasteiger partial charge in [-0.25, -0.2) is 9.37 Å². The molecule has 0 amide bonds. The Balaban J connectivity index is 1.70. The molecule has 1 aliphatic rings. The molecule has 0 aliphatic carbocycles. The number of oxazole rings is 1. The molecule has 1 saturated heterocycles. The van der Waals surface area contributed by atoms with Gasteiger partial charge in [0.25, 0.3) is 0 Å². The van der Waals surface area contributed by atoms with Gasteiger partial charge in [0.15, 0.2) is 0 Å². The minimum Gasteiger partial charge on any atom is -0.444 e. The summed E-state index contributed by atoms with van der Waals surface area (Å²) in [5, 5.41) is 3.32. The van der Waals surface area contributed by atoms with Gasteiger partial charge in [-0.15, -0.1) is 0 Å². The zero-order chi connectivity index (χ0) is 13.1. The number of aromatic nitrogens is 1. The lowest BCUT2D eigenvalue weighted by atomic mass is 10.2. The molecular formula is C14H16FN3O. The average molecular weight is 261 g/mol. The van der Waals surface area contributed by atoms with Crippen molar-refractivity contribution in [2.45, 2.75) is 6.54 Å². The summed E-state index contributed by atoms with van der Waals surface area (Å²) >= 11 is 0. The van der Waals surface area contributed by atoms with Crippen molar-refractivity contribution in [2.75, 3.05) is 26.2 Å². The number of rotatable bonds is 3. The van der Waals surface area contributed by atoms with E-state index in [1.54, 1.807) is 18.4 Å². The van der Waals surface area contributed by atoms with Crippen LogP contribution in [0.5, 0.6) is 0 Å². The molecule has 0 bridgehead atoms. The van der Waals surface area contributed by atoms with Crippen molar-refractivity contribution < 1.29 is 8.81 Å². The molecule has 19 heavy (non-hydrogen) atoms. The van der Waals surface area contributed by atoms with Crippen LogP contribution >= 0.6 is 0 Å². The highest BCUT2D eigenvalue weighted by molar-refractivity contribution is 5.52. The van der Waals surface area contributed by atoms with E-state index in [9.17, 15) is 4.39 Å². The van der Waals surface area contributed by atoms with Crippen LogP contribution in [-0.2, 0) is 6.54 Å². The average Bonchev–Trinajstić information content (AvgIpc) is 2.89. The maximum atomic E-state index is 12.9. The fourth-order valence-electron chi connectivity index (χ4n) is 2.20. The SMILES string of the molecule is Fc1ccc(-c2nc(CN3CCNCC3)co2)cc1. The number of nitrogens with one attached hydrogen (secondary N) is 1. The van der Waals surface area contributed by atoms with Gasteiger partial charge in [0, 0.05) is 38.3 Å². The summed E-state index contributed by atoms with van der Waals surface area (Å²) in [6.07, 6.45) is 1.68. The molecule has 0 unspecified atom stereocenters. The Bertz CT molecular complexity index is 532. The molecule has 0 spiro atoms. The second-order valence-electron chi connectivity index (χ2n) is 4.68. The Labute approximate surface area is 111 Å². The molecule has 0 radical (unpaired) electrons. The van der Waals surface area contributed by atoms with Gasteiger partial charge < -0.3 is 9.73 Å². The van der Waals surface area contributed by atoms with Crippen LogP contribution in [0.1, 0.15) is 5.69 Å². The number of halogens is 1. The van der Waals surface area contributed by atoms with Crippen LogP contribution in [0.4, 0.5) is 4.39 Å². The Morgan fingerprint density at radius 1 is 1.21 bits per heavy atom. The van der Waals surface area contributed by atoms with Gasteiger partial charge in [-0.05, 0) is 24.3 Å². The fourth-order valence-corrected chi connectivity index (χ4v) is 2.20. The van der Waals surface area contributed by atoms with E-state index in [4.69, 9.17) is 4.42 Å². The second-order valence-corrected chi connectivity index (χ2v) is 4.68. The number of benzene rings is 1. The maximum absolute atomic E-state index is 12.9. The largest absolute Gasteiger partial charge is 0.444 e. The molecule has 1 aromatic carbocycles. The van der Waals surface area contributed by atoms with Crippen LogP contribution < -0.4 is 5.32 Å². The van der Waals surface area contributed by atoms with Gasteiger partial charge >= 0.3 is 0 Å². The molecule has 3 rings (SSSR count). The first kappa shape index (κ1) is 12.3. The summed E-state index contributed by atoms with van der Waals surface area (Å²) in [5.74, 6) is 0.293. The van der Waals surface area contributed by atoms with Crippen molar-refractivity contribution in [3.63, 3.8) is 0 Å². The quantitative estimate of drug-likeness (QED) is 0.916. The minimum absolute atomic E-state index is 0.253. The van der Waals surface area contributed by atoms with Crippen molar-refractivity contribution >= 4 is 0 Å². The summed E-state index contributed by atoms with van der Waals surface area (Å²) in [4.78, 5) is 6.79. The van der Waals surface area contributed by atoms with Crippen LogP contribution in [0.2, 0.25) is 0 Å². The smallest absolute Gasteiger partial charge is 0.226 e. The standard InChI is InChI=1S/C14H16FN3O/c15-12-3-1-11(2-4-12)14-17-13(10-19-14)9-18-7-5-16-6-8-18/h1-4,10,16H,5-9H2. The van der Waals surface area contributed by atoms with Crippen molar-refractivity contribution in [3.8, 4) is 11.5 Å². The Morgan fingerprint density at radius 2 is 1.95 bits per heavy atom. The first-order chi connectivity index (χ1) is 9.31. The first-order valence-electron chi connectivity index (χ1n) is 6.45. The second kappa shape index (κ2) is 5.50. The molecule has 1 N–H and O–H groups in total. The Morgan fingerprint density at radius 3 is 2.68 bits per heavy atom. The minimum atomic E-state index is -0.253. The van der Waals surface area contributed by atoms with E-state index >= 15 is 0 Å². The number of hydrogen-bond donors (Lipinski definition) is 1. The number of nitrogens with zero attached hydrogens (tertiary/aromatic N) is 2. The monoisotopic (exact) mass is 261 g/mol. The predicted octanol–water partition coefficient (Wildman–Crippen LogP) is 1.89. The van der Waals surface area contributed by atoms with Crippen molar-refractivity contribution in [3.05, 3.63) is 42.0 Å². The van der Waals surface area contributed by atoms with Crippen molar-refractivity contribution in [2.24, 2.45) is 0 Å². The molecule has 1 aliphatic heterocycles. The molecule has 1 aromatic heterocycles. The van der Waals surface area contributed by atoms with E-state index in [1.165, 1.54) is 12.1 Å². The van der Waals surface area contributed by atoms with Crippen LogP contribution in [0.15, 0.2) is 34.9 Å². The van der Waals surface area contributed by atoms with E-state index in [0.29, 0.717) is 5.89 Å². The van der Waals surface area contributed by atoms with Gasteiger partial charge in [0.2, 0.25) is 5.89 Å². The topological polar surface area (TPSA) is 41.3 Å². The molecular weight excluding hydrogens is 245 g/mol. The molecule has 0 saturated carbocycles. The predicted molar refractivity (Wildman–Crippen MR) is 70.0 cm³/mol. The van der Waals surface area contributed by atoms with Crippen LogP contribution in [0.25, 0.3) is 11.5 Å². The van der Waals surface area contributed by atoms with Gasteiger partial charge in [-0.3, -0.25) is 4.90 Å². The molecule has 2 heterocycles. The molecule has 2 aromatic rings. The first-order valence-corrected chi connectivity index (χ1v) is 6.45. The number of piperazine rings is 1. The highest BCUT2D eigenvalue weighted by Gasteiger charge is 2.13. The van der Waals surface area contributed by atoms with Crippen molar-refractivity contribution in [1.29, 1.82) is 0 Å². The van der Waals surface area contributed by atoms with E-state index < -0.39 is 0 Å². The summed E-state index contributed by atoms with van der Waals surface area (Å²) in [6, 6.07) is 6.18. The molecule has 100 valence electrons. The van der Waals surface area contributed by atoms with Crippen molar-refractivity contribution in [1.82, 2.24) is 15.2 Å². The van der Waals surface area contributed by atoms with E-state index in [1.807, 2.05) is 0 Å². The molecule has 5 heteroatoms. The van der Waals surface area contributed by atoms with Crippen LogP contribution in [-0.4, -0.2) is 36.1 Å². The number of hydrogen-bond acceptors (Lipinski definition) is 4. The van der Waals surface area contributed by atoms with Gasteiger partial charge in [0.1, 0.15) is 12.1 Å². The lowest BCUT2D eigenvalue weighted by Gasteiger charge is -2.25.